The van der Waals surface area contributed by atoms with Crippen LogP contribution in [0, 0.1) is 0 Å². The molecule has 18 heavy (non-hydrogen) atoms. The molecule has 1 aromatic heterocycles. The zero-order valence-corrected chi connectivity index (χ0v) is 9.41. The molecule has 2 aromatic rings. The van der Waals surface area contributed by atoms with Gasteiger partial charge in [-0.1, -0.05) is 6.07 Å². The largest absolute Gasteiger partial charge is 0.465 e. The van der Waals surface area contributed by atoms with Gasteiger partial charge in [0.15, 0.2) is 0 Å². The van der Waals surface area contributed by atoms with Crippen LogP contribution in [-0.2, 0) is 4.74 Å². The number of nitrogens with zero attached hydrogens (tertiary/aromatic N) is 2. The summed E-state index contributed by atoms with van der Waals surface area (Å²) in [5.41, 5.74) is 0.485. The van der Waals surface area contributed by atoms with Gasteiger partial charge in [-0.05, 0) is 18.2 Å². The number of hydrogen-bond acceptors (Lipinski definition) is 6. The number of carbonyl (C=O) groups excluding carboxylic acids is 2. The number of carbonyl (C=O) groups is 2. The number of H-pyrrole nitrogens is 1. The number of aromatic amines is 1. The Kier molecular flexibility index (Phi) is 3.33. The first-order chi connectivity index (χ1) is 8.70. The zero-order valence-electron chi connectivity index (χ0n) is 9.41. The number of hydrogen-bond donors (Lipinski definition) is 1. The molecule has 0 spiro atoms. The van der Waals surface area contributed by atoms with Crippen LogP contribution < -0.4 is 4.74 Å². The molecule has 92 valence electrons. The standard InChI is InChI=1S/C11H9N3O4/c1-17-9(15)7-3-2-4-8(5-7)10(16)18-11-12-6-13-14-11/h2-6H,1H3,(H,12,13,14). The van der Waals surface area contributed by atoms with Gasteiger partial charge in [0.05, 0.1) is 18.2 Å². The highest BCUT2D eigenvalue weighted by molar-refractivity contribution is 5.95. The molecule has 0 saturated carbocycles. The van der Waals surface area contributed by atoms with Gasteiger partial charge in [-0.15, -0.1) is 0 Å². The third-order valence-corrected chi connectivity index (χ3v) is 2.10. The van der Waals surface area contributed by atoms with Gasteiger partial charge in [-0.2, -0.15) is 10.1 Å². The van der Waals surface area contributed by atoms with Gasteiger partial charge in [0.1, 0.15) is 6.33 Å². The molecule has 0 fully saturated rings. The number of nitrogens with one attached hydrogen (secondary N) is 1. The number of aromatic nitrogens is 3. The van der Waals surface area contributed by atoms with E-state index in [1.54, 1.807) is 6.07 Å². The fraction of sp³-hybridized carbons (Fsp3) is 0.0909. The van der Waals surface area contributed by atoms with Crippen molar-refractivity contribution in [2.24, 2.45) is 0 Å². The SMILES string of the molecule is COC(=O)c1cccc(C(=O)Oc2ncn[nH]2)c1. The van der Waals surface area contributed by atoms with Gasteiger partial charge in [0.25, 0.3) is 0 Å². The van der Waals surface area contributed by atoms with Crippen LogP contribution in [0.15, 0.2) is 30.6 Å². The lowest BCUT2D eigenvalue weighted by molar-refractivity contribution is 0.0600. The molecule has 0 unspecified atom stereocenters. The molecule has 0 aliphatic rings. The molecule has 0 radical (unpaired) electrons. The molecule has 0 aliphatic heterocycles. The maximum atomic E-state index is 11.7. The van der Waals surface area contributed by atoms with Crippen LogP contribution in [0.1, 0.15) is 20.7 Å². The second kappa shape index (κ2) is 5.09. The molecule has 0 bridgehead atoms. The lowest BCUT2D eigenvalue weighted by Crippen LogP contribution is -2.11. The molecule has 1 N–H and O–H groups in total. The summed E-state index contributed by atoms with van der Waals surface area (Å²) < 4.78 is 9.45. The van der Waals surface area contributed by atoms with Crippen LogP contribution in [0.25, 0.3) is 0 Å². The minimum Gasteiger partial charge on any atom is -0.465 e. The van der Waals surface area contributed by atoms with Crippen LogP contribution in [0.3, 0.4) is 0 Å². The lowest BCUT2D eigenvalue weighted by Gasteiger charge is -2.02. The monoisotopic (exact) mass is 247 g/mol. The van der Waals surface area contributed by atoms with Crippen molar-refractivity contribution in [2.45, 2.75) is 0 Å². The third kappa shape index (κ3) is 2.51. The fourth-order valence-corrected chi connectivity index (χ4v) is 1.28. The van der Waals surface area contributed by atoms with Crippen LogP contribution >= 0.6 is 0 Å². The van der Waals surface area contributed by atoms with Gasteiger partial charge in [-0.25, -0.2) is 14.7 Å². The second-order valence-corrected chi connectivity index (χ2v) is 3.25. The summed E-state index contributed by atoms with van der Waals surface area (Å²) in [6.45, 7) is 0. The second-order valence-electron chi connectivity index (χ2n) is 3.25. The summed E-state index contributed by atoms with van der Waals surface area (Å²) in [5.74, 6) is -1.16. The van der Waals surface area contributed by atoms with E-state index in [2.05, 4.69) is 19.9 Å². The van der Waals surface area contributed by atoms with E-state index >= 15 is 0 Å². The fourth-order valence-electron chi connectivity index (χ4n) is 1.28. The summed E-state index contributed by atoms with van der Waals surface area (Å²) in [7, 11) is 1.27. The lowest BCUT2D eigenvalue weighted by atomic mass is 10.1. The average Bonchev–Trinajstić information content (AvgIpc) is 2.90. The van der Waals surface area contributed by atoms with E-state index in [-0.39, 0.29) is 17.1 Å². The van der Waals surface area contributed by atoms with E-state index in [0.717, 1.165) is 0 Å². The Bertz CT molecular complexity index is 565. The number of esters is 2. The average molecular weight is 247 g/mol. The van der Waals surface area contributed by atoms with Gasteiger partial charge < -0.3 is 9.47 Å². The predicted octanol–water partition coefficient (Wildman–Crippen LogP) is 0.810. The molecule has 0 saturated heterocycles. The summed E-state index contributed by atoms with van der Waals surface area (Å²) in [4.78, 5) is 26.7. The predicted molar refractivity (Wildman–Crippen MR) is 59.1 cm³/mol. The van der Waals surface area contributed by atoms with Crippen molar-refractivity contribution in [3.05, 3.63) is 41.7 Å². The number of ether oxygens (including phenoxy) is 2. The molecule has 0 amide bonds. The Morgan fingerprint density at radius 2 is 1.94 bits per heavy atom. The number of rotatable bonds is 3. The molecule has 1 heterocycles. The van der Waals surface area contributed by atoms with Crippen molar-refractivity contribution < 1.29 is 19.1 Å². The highest BCUT2D eigenvalue weighted by Gasteiger charge is 2.13. The quantitative estimate of drug-likeness (QED) is 0.806. The summed E-state index contributed by atoms with van der Waals surface area (Å²) >= 11 is 0. The number of methoxy groups -OCH3 is 1. The summed E-state index contributed by atoms with van der Waals surface area (Å²) in [5, 5.41) is 5.93. The zero-order chi connectivity index (χ0) is 13.0. The molecule has 7 nitrogen and oxygen atoms in total. The Morgan fingerprint density at radius 3 is 2.56 bits per heavy atom. The molecule has 0 aliphatic carbocycles. The molecule has 0 atom stereocenters. The minimum absolute atomic E-state index is 0.0107. The van der Waals surface area contributed by atoms with Gasteiger partial charge >= 0.3 is 17.9 Å². The van der Waals surface area contributed by atoms with Crippen LogP contribution in [0.2, 0.25) is 0 Å². The normalized spacial score (nSPS) is 9.83. The summed E-state index contributed by atoms with van der Waals surface area (Å²) in [6, 6.07) is 5.99. The van der Waals surface area contributed by atoms with Crippen molar-refractivity contribution in [3.8, 4) is 6.01 Å². The topological polar surface area (TPSA) is 94.2 Å². The van der Waals surface area contributed by atoms with E-state index in [9.17, 15) is 9.59 Å². The molecule has 7 heteroatoms. The van der Waals surface area contributed by atoms with Gasteiger partial charge in [0.2, 0.25) is 0 Å². The Labute approximate surface area is 102 Å². The van der Waals surface area contributed by atoms with Crippen molar-refractivity contribution in [1.29, 1.82) is 0 Å². The van der Waals surface area contributed by atoms with Gasteiger partial charge in [-0.3, -0.25) is 0 Å². The first kappa shape index (κ1) is 11.8. The van der Waals surface area contributed by atoms with Gasteiger partial charge in [0, 0.05) is 0 Å². The Morgan fingerprint density at radius 1 is 1.22 bits per heavy atom. The van der Waals surface area contributed by atoms with E-state index in [1.807, 2.05) is 0 Å². The first-order valence-corrected chi connectivity index (χ1v) is 4.96. The van der Waals surface area contributed by atoms with Crippen molar-refractivity contribution in [2.75, 3.05) is 7.11 Å². The van der Waals surface area contributed by atoms with E-state index < -0.39 is 11.9 Å². The maximum Gasteiger partial charge on any atom is 0.345 e. The van der Waals surface area contributed by atoms with E-state index in [4.69, 9.17) is 4.74 Å². The highest BCUT2D eigenvalue weighted by Crippen LogP contribution is 2.09. The highest BCUT2D eigenvalue weighted by atomic mass is 16.5. The van der Waals surface area contributed by atoms with Crippen molar-refractivity contribution in [3.63, 3.8) is 0 Å². The maximum absolute atomic E-state index is 11.7. The van der Waals surface area contributed by atoms with Crippen molar-refractivity contribution in [1.82, 2.24) is 15.2 Å². The Hall–Kier alpha value is -2.70. The number of benzene rings is 1. The van der Waals surface area contributed by atoms with E-state index in [0.29, 0.717) is 0 Å². The molecule has 1 aromatic carbocycles. The molecular formula is C11H9N3O4. The van der Waals surface area contributed by atoms with Crippen LogP contribution in [0.4, 0.5) is 0 Å². The first-order valence-electron chi connectivity index (χ1n) is 4.96. The Balaban J connectivity index is 2.18. The van der Waals surface area contributed by atoms with E-state index in [1.165, 1.54) is 31.6 Å². The van der Waals surface area contributed by atoms with Crippen molar-refractivity contribution >= 4 is 11.9 Å². The van der Waals surface area contributed by atoms with Crippen LogP contribution in [-0.4, -0.2) is 34.2 Å². The molecular weight excluding hydrogens is 238 g/mol. The third-order valence-electron chi connectivity index (χ3n) is 2.10. The summed E-state index contributed by atoms with van der Waals surface area (Å²) in [6.07, 6.45) is 1.22. The smallest absolute Gasteiger partial charge is 0.345 e. The minimum atomic E-state index is -0.641. The van der Waals surface area contributed by atoms with Crippen LogP contribution in [0.5, 0.6) is 6.01 Å². The molecule has 2 rings (SSSR count).